The Balaban J connectivity index is 5.22. The molecular weight excluding hydrogens is 904 g/mol. The Labute approximate surface area is 441 Å². The molecule has 0 aromatic carbocycles. The van der Waals surface area contributed by atoms with E-state index in [1.54, 1.807) is 0 Å². The zero-order valence-electron chi connectivity index (χ0n) is 48.0. The molecule has 0 bridgehead atoms. The van der Waals surface area contributed by atoms with Gasteiger partial charge in [-0.05, 0) is 57.4 Å². The first-order chi connectivity index (χ1) is 34.4. The average Bonchev–Trinajstić information content (AvgIpc) is 3.33. The van der Waals surface area contributed by atoms with E-state index in [0.717, 1.165) is 57.8 Å². The fourth-order valence-electron chi connectivity index (χ4n) is 9.11. The molecule has 0 heterocycles. The van der Waals surface area contributed by atoms with Gasteiger partial charge in [-0.3, -0.25) is 18.6 Å². The molecule has 0 fully saturated rings. The van der Waals surface area contributed by atoms with Crippen molar-refractivity contribution in [2.24, 2.45) is 0 Å². The monoisotopic (exact) mass is 1020 g/mol. The number of ether oxygens (including phenoxy) is 1. The van der Waals surface area contributed by atoms with Gasteiger partial charge in [0.05, 0.1) is 33.8 Å². The SMILES string of the molecule is CCCCCCCC/C=C/CCCCCCCCCC(=O)OC(/C=C/CCCCCCCCCCC)C(COP(=O)(O)OCC[N+](C)(C)C)NC(=O)CCCCCCCCCCCCCCCCCCC. The van der Waals surface area contributed by atoms with Crippen LogP contribution in [-0.4, -0.2) is 74.3 Å². The number of hydrogen-bond donors (Lipinski definition) is 2. The maximum atomic E-state index is 13.5. The van der Waals surface area contributed by atoms with E-state index in [4.69, 9.17) is 13.8 Å². The van der Waals surface area contributed by atoms with Crippen molar-refractivity contribution >= 4 is 19.7 Å². The molecule has 2 N–H and O–H groups in total. The number of nitrogens with zero attached hydrogens (tertiary/aromatic N) is 1. The first-order valence-corrected chi connectivity index (χ1v) is 32.2. The molecule has 0 radical (unpaired) electrons. The first kappa shape index (κ1) is 69.5. The van der Waals surface area contributed by atoms with E-state index in [-0.39, 0.29) is 25.1 Å². The number of carbonyl (C=O) groups is 2. The van der Waals surface area contributed by atoms with Gasteiger partial charge >= 0.3 is 13.8 Å². The van der Waals surface area contributed by atoms with Gasteiger partial charge in [0.2, 0.25) is 5.91 Å². The van der Waals surface area contributed by atoms with Crippen molar-refractivity contribution in [3.63, 3.8) is 0 Å². The van der Waals surface area contributed by atoms with E-state index in [9.17, 15) is 19.0 Å². The maximum absolute atomic E-state index is 13.5. The minimum atomic E-state index is -4.44. The molecule has 0 aliphatic heterocycles. The number of rotatable bonds is 56. The summed E-state index contributed by atoms with van der Waals surface area (Å²) in [6.07, 6.45) is 60.2. The van der Waals surface area contributed by atoms with Gasteiger partial charge in [-0.15, -0.1) is 0 Å². The molecular formula is C61H120N2O7P+. The van der Waals surface area contributed by atoms with Crippen molar-refractivity contribution in [2.75, 3.05) is 40.9 Å². The average molecular weight is 1020 g/mol. The number of unbranched alkanes of at least 4 members (excludes halogenated alkanes) is 38. The van der Waals surface area contributed by atoms with Gasteiger partial charge in [0.1, 0.15) is 19.3 Å². The largest absolute Gasteiger partial charge is 0.472 e. The Morgan fingerprint density at radius 3 is 1.20 bits per heavy atom. The van der Waals surface area contributed by atoms with Crippen LogP contribution in [0.2, 0.25) is 0 Å². The number of phosphoric acid groups is 1. The van der Waals surface area contributed by atoms with Crippen LogP contribution in [0.25, 0.3) is 0 Å². The van der Waals surface area contributed by atoms with Gasteiger partial charge in [0.25, 0.3) is 0 Å². The number of esters is 1. The van der Waals surface area contributed by atoms with Crippen LogP contribution in [0.15, 0.2) is 24.3 Å². The zero-order valence-corrected chi connectivity index (χ0v) is 48.9. The number of likely N-dealkylation sites (N-methyl/N-ethyl adjacent to an activating group) is 1. The highest BCUT2D eigenvalue weighted by atomic mass is 31.2. The van der Waals surface area contributed by atoms with Crippen LogP contribution in [0, 0.1) is 0 Å². The molecule has 3 unspecified atom stereocenters. The van der Waals surface area contributed by atoms with Crippen molar-refractivity contribution < 1.29 is 37.3 Å². The lowest BCUT2D eigenvalue weighted by Gasteiger charge is -2.27. The quantitative estimate of drug-likeness (QED) is 0.0205. The topological polar surface area (TPSA) is 111 Å². The molecule has 0 aliphatic rings. The predicted molar refractivity (Wildman–Crippen MR) is 305 cm³/mol. The number of carbonyl (C=O) groups excluding carboxylic acids is 2. The van der Waals surface area contributed by atoms with Crippen LogP contribution < -0.4 is 5.32 Å². The fraction of sp³-hybridized carbons (Fsp3) is 0.902. The van der Waals surface area contributed by atoms with Crippen LogP contribution in [0.4, 0.5) is 0 Å². The van der Waals surface area contributed by atoms with Crippen LogP contribution in [0.3, 0.4) is 0 Å². The Bertz CT molecular complexity index is 1270. The second kappa shape index (κ2) is 52.0. The number of hydrogen-bond acceptors (Lipinski definition) is 6. The smallest absolute Gasteiger partial charge is 0.456 e. The highest BCUT2D eigenvalue weighted by Gasteiger charge is 2.30. The summed E-state index contributed by atoms with van der Waals surface area (Å²) in [5.41, 5.74) is 0. The summed E-state index contributed by atoms with van der Waals surface area (Å²) in [6, 6.07) is -0.843. The molecule has 0 aromatic heterocycles. The normalized spacial score (nSPS) is 13.8. The molecule has 0 spiro atoms. The summed E-state index contributed by atoms with van der Waals surface area (Å²) in [5.74, 6) is -0.495. The van der Waals surface area contributed by atoms with Gasteiger partial charge < -0.3 is 19.4 Å². The number of amides is 1. The third kappa shape index (κ3) is 53.1. The summed E-state index contributed by atoms with van der Waals surface area (Å²) >= 11 is 0. The standard InChI is InChI=1S/C61H119N2O7P/c1-7-10-13-16-19-22-25-27-29-31-33-35-38-41-44-47-50-53-60(64)62-58(57-69-71(66,67)68-56-55-63(4,5)6)59(52-49-46-43-40-37-24-21-18-15-12-9-3)70-61(65)54-51-48-45-42-39-36-34-32-30-28-26-23-20-17-14-11-8-2/h28,30,49,52,58-59H,7-27,29,31-48,50-51,53-57H2,1-6H3,(H-,62,64,66,67)/p+1/b30-28+,52-49+. The highest BCUT2D eigenvalue weighted by molar-refractivity contribution is 7.47. The van der Waals surface area contributed by atoms with E-state index < -0.39 is 20.0 Å². The van der Waals surface area contributed by atoms with Crippen molar-refractivity contribution in [2.45, 2.75) is 315 Å². The predicted octanol–water partition coefficient (Wildman–Crippen LogP) is 18.6. The lowest BCUT2D eigenvalue weighted by Crippen LogP contribution is -2.47. The molecule has 0 rings (SSSR count). The molecule has 0 saturated heterocycles. The zero-order chi connectivity index (χ0) is 52.2. The first-order valence-electron chi connectivity index (χ1n) is 30.7. The number of quaternary nitrogens is 1. The van der Waals surface area contributed by atoms with Crippen LogP contribution in [-0.2, 0) is 27.9 Å². The second-order valence-corrected chi connectivity index (χ2v) is 23.7. The van der Waals surface area contributed by atoms with Gasteiger partial charge in [0, 0.05) is 12.8 Å². The maximum Gasteiger partial charge on any atom is 0.472 e. The third-order valence-electron chi connectivity index (χ3n) is 13.9. The lowest BCUT2D eigenvalue weighted by atomic mass is 10.0. The molecule has 10 heteroatoms. The van der Waals surface area contributed by atoms with Crippen LogP contribution in [0.1, 0.15) is 303 Å². The van der Waals surface area contributed by atoms with Crippen LogP contribution in [0.5, 0.6) is 0 Å². The molecule has 420 valence electrons. The molecule has 71 heavy (non-hydrogen) atoms. The minimum absolute atomic E-state index is 0.0430. The third-order valence-corrected chi connectivity index (χ3v) is 14.9. The van der Waals surface area contributed by atoms with E-state index >= 15 is 0 Å². The molecule has 0 aliphatic carbocycles. The summed E-state index contributed by atoms with van der Waals surface area (Å²) < 4.78 is 30.7. The number of phosphoric ester groups is 1. The highest BCUT2D eigenvalue weighted by Crippen LogP contribution is 2.43. The van der Waals surface area contributed by atoms with Crippen molar-refractivity contribution in [3.05, 3.63) is 24.3 Å². The van der Waals surface area contributed by atoms with Crippen molar-refractivity contribution in [1.82, 2.24) is 5.32 Å². The summed E-state index contributed by atoms with van der Waals surface area (Å²) in [4.78, 5) is 37.6. The molecule has 0 aromatic rings. The molecule has 3 atom stereocenters. The Morgan fingerprint density at radius 2 is 0.817 bits per heavy atom. The van der Waals surface area contributed by atoms with Gasteiger partial charge in [-0.1, -0.05) is 257 Å². The summed E-state index contributed by atoms with van der Waals surface area (Å²) in [5, 5.41) is 3.06. The van der Waals surface area contributed by atoms with Crippen molar-refractivity contribution in [3.8, 4) is 0 Å². The Morgan fingerprint density at radius 1 is 0.479 bits per heavy atom. The van der Waals surface area contributed by atoms with Gasteiger partial charge in [-0.2, -0.15) is 0 Å². The van der Waals surface area contributed by atoms with Crippen molar-refractivity contribution in [1.29, 1.82) is 0 Å². The van der Waals surface area contributed by atoms with E-state index in [1.165, 1.54) is 212 Å². The Kier molecular flexibility index (Phi) is 50.8. The second-order valence-electron chi connectivity index (χ2n) is 22.2. The fourth-order valence-corrected chi connectivity index (χ4v) is 9.85. The number of allylic oxidation sites excluding steroid dienone is 3. The molecule has 9 nitrogen and oxygen atoms in total. The van der Waals surface area contributed by atoms with E-state index in [0.29, 0.717) is 23.9 Å². The minimum Gasteiger partial charge on any atom is -0.456 e. The lowest BCUT2D eigenvalue weighted by molar-refractivity contribution is -0.870. The molecule has 0 saturated carbocycles. The van der Waals surface area contributed by atoms with Crippen LogP contribution >= 0.6 is 7.82 Å². The van der Waals surface area contributed by atoms with E-state index in [1.807, 2.05) is 33.3 Å². The summed E-state index contributed by atoms with van der Waals surface area (Å²) in [7, 11) is 1.51. The molecule has 1 amide bonds. The Hall–Kier alpha value is -1.51. The van der Waals surface area contributed by atoms with E-state index in [2.05, 4.69) is 38.2 Å². The van der Waals surface area contributed by atoms with Gasteiger partial charge in [-0.25, -0.2) is 4.57 Å². The number of nitrogens with one attached hydrogen (secondary N) is 1. The van der Waals surface area contributed by atoms with Gasteiger partial charge in [0.15, 0.2) is 0 Å². The summed E-state index contributed by atoms with van der Waals surface area (Å²) in [6.45, 7) is 7.04.